The van der Waals surface area contributed by atoms with Gasteiger partial charge in [-0.3, -0.25) is 4.90 Å². The minimum atomic E-state index is -0.738. The van der Waals surface area contributed by atoms with E-state index in [1.807, 2.05) is 11.6 Å². The molecule has 1 aliphatic heterocycles. The van der Waals surface area contributed by atoms with Gasteiger partial charge in [-0.15, -0.1) is 10.2 Å². The van der Waals surface area contributed by atoms with Gasteiger partial charge in [-0.25, -0.2) is 0 Å². The van der Waals surface area contributed by atoms with E-state index in [-0.39, 0.29) is 0 Å². The predicted molar refractivity (Wildman–Crippen MR) is 96.7 cm³/mol. The fourth-order valence-electron chi connectivity index (χ4n) is 3.45. The van der Waals surface area contributed by atoms with E-state index in [0.717, 1.165) is 43.1 Å². The molecule has 1 atom stereocenters. The first-order valence-corrected chi connectivity index (χ1v) is 8.93. The Kier molecular flexibility index (Phi) is 5.39. The molecule has 1 aromatic heterocycles. The number of likely N-dealkylation sites (tertiary alicyclic amines) is 1. The summed E-state index contributed by atoms with van der Waals surface area (Å²) in [5.41, 5.74) is 1.62. The standard InChI is InChI=1S/C19H28N4O2/c1-15-5-6-16(2)17(11-15)25-10-9-23-8-4-7-19(24,13-23)12-18-21-20-14-22(18)3/h5-6,11,14,24H,4,7-10,12-13H2,1-3H3. The van der Waals surface area contributed by atoms with Crippen molar-refractivity contribution in [3.8, 4) is 5.75 Å². The number of benzene rings is 1. The second-order valence-electron chi connectivity index (χ2n) is 7.26. The van der Waals surface area contributed by atoms with Gasteiger partial charge in [0.2, 0.25) is 0 Å². The van der Waals surface area contributed by atoms with Crippen LogP contribution in [0.25, 0.3) is 0 Å². The van der Waals surface area contributed by atoms with Crippen molar-refractivity contribution < 1.29 is 9.84 Å². The first kappa shape index (κ1) is 17.9. The normalized spacial score (nSPS) is 21.4. The maximum Gasteiger partial charge on any atom is 0.135 e. The number of β-amino-alcohol motifs (C(OH)–C–C–N with tert-alkyl or cyclic N) is 1. The number of aliphatic hydroxyl groups is 1. The summed E-state index contributed by atoms with van der Waals surface area (Å²) in [6.45, 7) is 7.23. The van der Waals surface area contributed by atoms with Crippen molar-refractivity contribution >= 4 is 0 Å². The van der Waals surface area contributed by atoms with Crippen molar-refractivity contribution in [2.75, 3.05) is 26.2 Å². The minimum Gasteiger partial charge on any atom is -0.492 e. The van der Waals surface area contributed by atoms with Gasteiger partial charge in [0.05, 0.1) is 5.60 Å². The molecule has 0 radical (unpaired) electrons. The van der Waals surface area contributed by atoms with Crippen LogP contribution < -0.4 is 4.74 Å². The molecular formula is C19H28N4O2. The molecule has 0 aliphatic carbocycles. The summed E-state index contributed by atoms with van der Waals surface area (Å²) in [6.07, 6.45) is 4.00. The molecule has 0 bridgehead atoms. The molecule has 6 nitrogen and oxygen atoms in total. The van der Waals surface area contributed by atoms with E-state index < -0.39 is 5.60 Å². The third-order valence-electron chi connectivity index (χ3n) is 4.94. The average Bonchev–Trinajstić information content (AvgIpc) is 2.95. The number of nitrogens with zero attached hydrogens (tertiary/aromatic N) is 4. The summed E-state index contributed by atoms with van der Waals surface area (Å²) >= 11 is 0. The van der Waals surface area contributed by atoms with E-state index >= 15 is 0 Å². The lowest BCUT2D eigenvalue weighted by Crippen LogP contribution is -2.50. The zero-order valence-corrected chi connectivity index (χ0v) is 15.4. The van der Waals surface area contributed by atoms with Crippen molar-refractivity contribution in [2.45, 2.75) is 38.7 Å². The van der Waals surface area contributed by atoms with Crippen LogP contribution in [0, 0.1) is 13.8 Å². The Morgan fingerprint density at radius 3 is 2.92 bits per heavy atom. The van der Waals surface area contributed by atoms with E-state index in [0.29, 0.717) is 19.6 Å². The van der Waals surface area contributed by atoms with Gasteiger partial charge in [-0.05, 0) is 50.4 Å². The van der Waals surface area contributed by atoms with Gasteiger partial charge in [-0.1, -0.05) is 12.1 Å². The lowest BCUT2D eigenvalue weighted by Gasteiger charge is -2.39. The van der Waals surface area contributed by atoms with Crippen LogP contribution in [0.5, 0.6) is 5.75 Å². The molecule has 3 rings (SSSR count). The van der Waals surface area contributed by atoms with Crippen molar-refractivity contribution in [3.63, 3.8) is 0 Å². The highest BCUT2D eigenvalue weighted by atomic mass is 16.5. The fraction of sp³-hybridized carbons (Fsp3) is 0.579. The summed E-state index contributed by atoms with van der Waals surface area (Å²) in [5.74, 6) is 1.78. The Labute approximate surface area is 149 Å². The molecule has 1 unspecified atom stereocenters. The molecule has 136 valence electrons. The summed E-state index contributed by atoms with van der Waals surface area (Å²) in [7, 11) is 1.91. The van der Waals surface area contributed by atoms with E-state index in [1.54, 1.807) is 6.33 Å². The van der Waals surface area contributed by atoms with Gasteiger partial charge >= 0.3 is 0 Å². The molecule has 0 amide bonds. The molecule has 1 aromatic carbocycles. The van der Waals surface area contributed by atoms with Crippen LogP contribution in [0.3, 0.4) is 0 Å². The molecule has 25 heavy (non-hydrogen) atoms. The first-order valence-electron chi connectivity index (χ1n) is 8.93. The van der Waals surface area contributed by atoms with Crippen LogP contribution in [0.4, 0.5) is 0 Å². The number of rotatable bonds is 6. The van der Waals surface area contributed by atoms with Crippen LogP contribution in [0.1, 0.15) is 29.8 Å². The fourth-order valence-corrected chi connectivity index (χ4v) is 3.45. The Bertz CT molecular complexity index is 715. The number of hydrogen-bond acceptors (Lipinski definition) is 5. The minimum absolute atomic E-state index is 0.540. The number of piperidine rings is 1. The van der Waals surface area contributed by atoms with Crippen LogP contribution in [-0.4, -0.2) is 56.6 Å². The zero-order chi connectivity index (χ0) is 17.9. The number of aryl methyl sites for hydroxylation is 3. The van der Waals surface area contributed by atoms with Gasteiger partial charge in [0, 0.05) is 26.6 Å². The van der Waals surface area contributed by atoms with Crippen molar-refractivity contribution in [2.24, 2.45) is 7.05 Å². The lowest BCUT2D eigenvalue weighted by molar-refractivity contribution is -0.0344. The predicted octanol–water partition coefficient (Wildman–Crippen LogP) is 1.88. The van der Waals surface area contributed by atoms with E-state index in [9.17, 15) is 5.11 Å². The number of hydrogen-bond donors (Lipinski definition) is 1. The molecule has 2 aromatic rings. The second-order valence-corrected chi connectivity index (χ2v) is 7.26. The number of ether oxygens (including phenoxy) is 1. The summed E-state index contributed by atoms with van der Waals surface area (Å²) in [6, 6.07) is 6.26. The van der Waals surface area contributed by atoms with E-state index in [1.165, 1.54) is 5.56 Å². The van der Waals surface area contributed by atoms with Crippen molar-refractivity contribution in [1.29, 1.82) is 0 Å². The van der Waals surface area contributed by atoms with E-state index in [2.05, 4.69) is 47.1 Å². The zero-order valence-electron chi connectivity index (χ0n) is 15.4. The molecule has 2 heterocycles. The highest BCUT2D eigenvalue weighted by molar-refractivity contribution is 5.35. The molecule has 1 saturated heterocycles. The Morgan fingerprint density at radius 1 is 1.32 bits per heavy atom. The maximum absolute atomic E-state index is 11.0. The van der Waals surface area contributed by atoms with Gasteiger partial charge in [0.1, 0.15) is 24.5 Å². The number of aromatic nitrogens is 3. The monoisotopic (exact) mass is 344 g/mol. The van der Waals surface area contributed by atoms with Crippen LogP contribution in [0.15, 0.2) is 24.5 Å². The summed E-state index contributed by atoms with van der Waals surface area (Å²) in [4.78, 5) is 2.28. The van der Waals surface area contributed by atoms with Crippen molar-refractivity contribution in [3.05, 3.63) is 41.5 Å². The van der Waals surface area contributed by atoms with Gasteiger partial charge in [0.15, 0.2) is 0 Å². The third kappa shape index (κ3) is 4.58. The lowest BCUT2D eigenvalue weighted by atomic mass is 9.89. The maximum atomic E-state index is 11.0. The SMILES string of the molecule is Cc1ccc(C)c(OCCN2CCCC(O)(Cc3nncn3C)C2)c1. The smallest absolute Gasteiger partial charge is 0.135 e. The highest BCUT2D eigenvalue weighted by Crippen LogP contribution is 2.25. The molecule has 1 N–H and O–H groups in total. The molecular weight excluding hydrogens is 316 g/mol. The van der Waals surface area contributed by atoms with Gasteiger partial charge in [-0.2, -0.15) is 0 Å². The van der Waals surface area contributed by atoms with Crippen LogP contribution in [0.2, 0.25) is 0 Å². The van der Waals surface area contributed by atoms with Crippen LogP contribution in [-0.2, 0) is 13.5 Å². The van der Waals surface area contributed by atoms with Crippen molar-refractivity contribution in [1.82, 2.24) is 19.7 Å². The highest BCUT2D eigenvalue weighted by Gasteiger charge is 2.34. The molecule has 0 spiro atoms. The molecule has 0 saturated carbocycles. The van der Waals surface area contributed by atoms with Gasteiger partial charge in [0.25, 0.3) is 0 Å². The average molecular weight is 344 g/mol. The largest absolute Gasteiger partial charge is 0.492 e. The Balaban J connectivity index is 1.53. The second kappa shape index (κ2) is 7.54. The Morgan fingerprint density at radius 2 is 2.16 bits per heavy atom. The van der Waals surface area contributed by atoms with E-state index in [4.69, 9.17) is 4.74 Å². The quantitative estimate of drug-likeness (QED) is 0.867. The molecule has 6 heteroatoms. The van der Waals surface area contributed by atoms with Crippen LogP contribution >= 0.6 is 0 Å². The topological polar surface area (TPSA) is 63.4 Å². The van der Waals surface area contributed by atoms with Gasteiger partial charge < -0.3 is 14.4 Å². The Hall–Kier alpha value is -1.92. The first-order chi connectivity index (χ1) is 12.0. The summed E-state index contributed by atoms with van der Waals surface area (Å²) < 4.78 is 7.84. The third-order valence-corrected chi connectivity index (χ3v) is 4.94. The molecule has 1 fully saturated rings. The molecule has 1 aliphatic rings. The summed E-state index contributed by atoms with van der Waals surface area (Å²) in [5, 5.41) is 19.0.